The summed E-state index contributed by atoms with van der Waals surface area (Å²) in [6, 6.07) is 0. The molecule has 0 aromatic rings. The second-order valence-electron chi connectivity index (χ2n) is 3.10. The molecule has 0 aliphatic heterocycles. The van der Waals surface area contributed by atoms with E-state index in [9.17, 15) is 0 Å². The van der Waals surface area contributed by atoms with Gasteiger partial charge in [0.2, 0.25) is 0 Å². The molecule has 0 fully saturated rings. The lowest BCUT2D eigenvalue weighted by atomic mass is 10.3. The summed E-state index contributed by atoms with van der Waals surface area (Å²) in [4.78, 5) is 0. The fourth-order valence-electron chi connectivity index (χ4n) is 1.13. The maximum Gasteiger partial charge on any atom is 0.0130 e. The van der Waals surface area contributed by atoms with E-state index in [0.717, 1.165) is 19.6 Å². The summed E-state index contributed by atoms with van der Waals surface area (Å²) >= 11 is 0. The van der Waals surface area contributed by atoms with Crippen LogP contribution in [0.15, 0.2) is 0 Å². The normalized spacial score (nSPS) is 11.0. The monoisotopic (exact) mass is 171 g/mol. The first-order chi connectivity index (χ1) is 5.85. The second kappa shape index (κ2) is 9.01. The Bertz CT molecular complexity index is 75.9. The Labute approximate surface area is 77.3 Å². The molecule has 0 spiro atoms. The lowest BCUT2D eigenvalue weighted by Crippen LogP contribution is -2.39. The van der Waals surface area contributed by atoms with Crippen molar-refractivity contribution >= 4 is 0 Å². The highest BCUT2D eigenvalue weighted by molar-refractivity contribution is 4.53. The van der Waals surface area contributed by atoms with Gasteiger partial charge in [0.1, 0.15) is 0 Å². The lowest BCUT2D eigenvalue weighted by Gasteiger charge is -2.21. The molecular formula is C10H23N2. The number of unbranched alkanes of at least 4 members (excludes halogenated alkanes) is 2. The molecular weight excluding hydrogens is 148 g/mol. The molecule has 0 atom stereocenters. The van der Waals surface area contributed by atoms with Gasteiger partial charge in [0, 0.05) is 19.6 Å². The number of hydrogen-bond acceptors (Lipinski definition) is 2. The van der Waals surface area contributed by atoms with Gasteiger partial charge >= 0.3 is 0 Å². The van der Waals surface area contributed by atoms with Crippen molar-refractivity contribution in [2.24, 2.45) is 0 Å². The van der Waals surface area contributed by atoms with Crippen molar-refractivity contribution in [1.29, 1.82) is 0 Å². The van der Waals surface area contributed by atoms with Crippen LogP contribution in [0.25, 0.3) is 0 Å². The SMILES string of the molecule is [CH2]CNN(CCCC)CCCC. The molecule has 1 N–H and O–H groups in total. The van der Waals surface area contributed by atoms with Crippen LogP contribution in [0.4, 0.5) is 0 Å². The summed E-state index contributed by atoms with van der Waals surface area (Å²) in [6.07, 6.45) is 5.08. The number of hydrazine groups is 1. The molecule has 73 valence electrons. The van der Waals surface area contributed by atoms with E-state index in [1.807, 2.05) is 0 Å². The highest BCUT2D eigenvalue weighted by atomic mass is 15.5. The van der Waals surface area contributed by atoms with Crippen LogP contribution in [-0.4, -0.2) is 24.6 Å². The van der Waals surface area contributed by atoms with Gasteiger partial charge in [0.05, 0.1) is 0 Å². The highest BCUT2D eigenvalue weighted by Gasteiger charge is 1.99. The van der Waals surface area contributed by atoms with Crippen molar-refractivity contribution in [2.45, 2.75) is 39.5 Å². The van der Waals surface area contributed by atoms with Gasteiger partial charge in [-0.1, -0.05) is 26.7 Å². The molecule has 0 unspecified atom stereocenters. The Hall–Kier alpha value is -0.0800. The van der Waals surface area contributed by atoms with Gasteiger partial charge in [-0.05, 0) is 19.8 Å². The summed E-state index contributed by atoms with van der Waals surface area (Å²) < 4.78 is 0. The van der Waals surface area contributed by atoms with E-state index in [-0.39, 0.29) is 0 Å². The molecule has 0 aromatic carbocycles. The molecule has 2 nitrogen and oxygen atoms in total. The third-order valence-electron chi connectivity index (χ3n) is 1.90. The molecule has 12 heavy (non-hydrogen) atoms. The fraction of sp³-hybridized carbons (Fsp3) is 0.900. The fourth-order valence-corrected chi connectivity index (χ4v) is 1.13. The van der Waals surface area contributed by atoms with Crippen molar-refractivity contribution in [3.8, 4) is 0 Å². The van der Waals surface area contributed by atoms with Crippen molar-refractivity contribution in [3.63, 3.8) is 0 Å². The topological polar surface area (TPSA) is 15.3 Å². The Morgan fingerprint density at radius 2 is 1.58 bits per heavy atom. The molecule has 0 heterocycles. The molecule has 0 bridgehead atoms. The smallest absolute Gasteiger partial charge is 0.0130 e. The Morgan fingerprint density at radius 1 is 1.08 bits per heavy atom. The first-order valence-corrected chi connectivity index (χ1v) is 5.12. The Kier molecular flexibility index (Phi) is 8.95. The minimum absolute atomic E-state index is 0.799. The molecule has 1 radical (unpaired) electrons. The van der Waals surface area contributed by atoms with Crippen LogP contribution in [0.5, 0.6) is 0 Å². The zero-order valence-electron chi connectivity index (χ0n) is 8.60. The molecule has 0 rings (SSSR count). The van der Waals surface area contributed by atoms with Crippen molar-refractivity contribution < 1.29 is 0 Å². The number of nitrogens with zero attached hydrogens (tertiary/aromatic N) is 1. The third-order valence-corrected chi connectivity index (χ3v) is 1.90. The largest absolute Gasteiger partial charge is 0.255 e. The van der Waals surface area contributed by atoms with E-state index < -0.39 is 0 Å². The van der Waals surface area contributed by atoms with E-state index in [4.69, 9.17) is 0 Å². The number of nitrogens with one attached hydrogen (secondary N) is 1. The van der Waals surface area contributed by atoms with Gasteiger partial charge in [-0.3, -0.25) is 5.43 Å². The zero-order valence-corrected chi connectivity index (χ0v) is 8.60. The van der Waals surface area contributed by atoms with Crippen molar-refractivity contribution in [3.05, 3.63) is 6.92 Å². The van der Waals surface area contributed by atoms with Crippen LogP contribution in [-0.2, 0) is 0 Å². The first-order valence-electron chi connectivity index (χ1n) is 5.12. The molecule has 0 aliphatic rings. The molecule has 0 saturated heterocycles. The van der Waals surface area contributed by atoms with Crippen LogP contribution in [0.3, 0.4) is 0 Å². The third kappa shape index (κ3) is 6.62. The van der Waals surface area contributed by atoms with E-state index in [0.29, 0.717) is 0 Å². The van der Waals surface area contributed by atoms with Crippen LogP contribution in [0, 0.1) is 6.92 Å². The summed E-state index contributed by atoms with van der Waals surface area (Å²) in [6.45, 7) is 11.4. The van der Waals surface area contributed by atoms with Crippen LogP contribution < -0.4 is 5.43 Å². The van der Waals surface area contributed by atoms with E-state index in [1.165, 1.54) is 25.7 Å². The van der Waals surface area contributed by atoms with Crippen LogP contribution in [0.2, 0.25) is 0 Å². The summed E-state index contributed by atoms with van der Waals surface area (Å²) in [5.41, 5.74) is 3.27. The molecule has 0 aliphatic carbocycles. The summed E-state index contributed by atoms with van der Waals surface area (Å²) in [7, 11) is 0. The van der Waals surface area contributed by atoms with Gasteiger partial charge in [0.15, 0.2) is 0 Å². The van der Waals surface area contributed by atoms with Gasteiger partial charge in [-0.15, -0.1) is 0 Å². The first kappa shape index (κ1) is 11.9. The van der Waals surface area contributed by atoms with Crippen LogP contribution in [0.1, 0.15) is 39.5 Å². The predicted octanol–water partition coefficient (Wildman–Crippen LogP) is 2.23. The van der Waals surface area contributed by atoms with E-state index >= 15 is 0 Å². The summed E-state index contributed by atoms with van der Waals surface area (Å²) in [5.74, 6) is 0. The Balaban J connectivity index is 3.40. The predicted molar refractivity (Wildman–Crippen MR) is 54.7 cm³/mol. The number of hydrogen-bond donors (Lipinski definition) is 1. The average molecular weight is 171 g/mol. The average Bonchev–Trinajstić information content (AvgIpc) is 2.10. The maximum atomic E-state index is 3.79. The van der Waals surface area contributed by atoms with Crippen molar-refractivity contribution in [1.82, 2.24) is 10.4 Å². The van der Waals surface area contributed by atoms with Gasteiger partial charge in [-0.25, -0.2) is 5.01 Å². The van der Waals surface area contributed by atoms with Crippen molar-refractivity contribution in [2.75, 3.05) is 19.6 Å². The summed E-state index contributed by atoms with van der Waals surface area (Å²) in [5, 5.41) is 2.29. The minimum Gasteiger partial charge on any atom is -0.255 e. The van der Waals surface area contributed by atoms with Crippen LogP contribution >= 0.6 is 0 Å². The standard InChI is InChI=1S/C10H23N2/c1-4-7-9-12(11-6-3)10-8-5-2/h11H,3-10H2,1-2H3. The van der Waals surface area contributed by atoms with Gasteiger partial charge in [0.25, 0.3) is 0 Å². The molecule has 0 saturated carbocycles. The van der Waals surface area contributed by atoms with Gasteiger partial charge in [-0.2, -0.15) is 0 Å². The van der Waals surface area contributed by atoms with E-state index in [2.05, 4.69) is 31.2 Å². The zero-order chi connectivity index (χ0) is 9.23. The maximum absolute atomic E-state index is 3.79. The van der Waals surface area contributed by atoms with Gasteiger partial charge < -0.3 is 0 Å². The minimum atomic E-state index is 0.799. The number of rotatable bonds is 8. The highest BCUT2D eigenvalue weighted by Crippen LogP contribution is 1.95. The molecule has 2 heteroatoms. The quantitative estimate of drug-likeness (QED) is 0.563. The second-order valence-corrected chi connectivity index (χ2v) is 3.10. The molecule has 0 aromatic heterocycles. The Morgan fingerprint density at radius 3 is 1.92 bits per heavy atom. The van der Waals surface area contributed by atoms with E-state index in [1.54, 1.807) is 0 Å². The lowest BCUT2D eigenvalue weighted by molar-refractivity contribution is 0.190. The molecule has 0 amide bonds.